The topological polar surface area (TPSA) is 125 Å². The first-order valence-electron chi connectivity index (χ1n) is 12.0. The van der Waals surface area contributed by atoms with Gasteiger partial charge in [-0.25, -0.2) is 5.43 Å². The number of carbonyl (C=O) groups excluding carboxylic acids is 1. The minimum absolute atomic E-state index is 0.0936. The van der Waals surface area contributed by atoms with Gasteiger partial charge in [-0.05, 0) is 48.9 Å². The number of hydrazone groups is 1. The number of hydrogen-bond acceptors (Lipinski definition) is 8. The van der Waals surface area contributed by atoms with E-state index in [1.54, 1.807) is 30.3 Å². The molecule has 2 aromatic rings. The van der Waals surface area contributed by atoms with E-state index in [1.807, 2.05) is 6.07 Å². The van der Waals surface area contributed by atoms with Gasteiger partial charge in [0, 0.05) is 31.9 Å². The third-order valence-corrected chi connectivity index (χ3v) is 5.59. The summed E-state index contributed by atoms with van der Waals surface area (Å²) in [6.45, 7) is 4.21. The molecule has 0 aliphatic carbocycles. The van der Waals surface area contributed by atoms with Crippen LogP contribution in [0.4, 0.5) is 0 Å². The van der Waals surface area contributed by atoms with E-state index in [4.69, 9.17) is 25.8 Å². The molecule has 1 heterocycles. The number of benzene rings is 2. The highest BCUT2D eigenvalue weighted by molar-refractivity contribution is 6.32. The Kier molecular flexibility index (Phi) is 10.8. The molecule has 0 aromatic heterocycles. The molecule has 0 saturated carbocycles. The molecule has 1 amide bonds. The van der Waals surface area contributed by atoms with Crippen LogP contribution < -0.4 is 25.0 Å². The Labute approximate surface area is 216 Å². The van der Waals surface area contributed by atoms with Crippen molar-refractivity contribution in [3.63, 3.8) is 0 Å². The highest BCUT2D eigenvalue weighted by atomic mass is 35.5. The fraction of sp³-hybridized carbons (Fsp3) is 0.423. The predicted molar refractivity (Wildman–Crippen MR) is 137 cm³/mol. The van der Waals surface area contributed by atoms with Crippen LogP contribution in [0.5, 0.6) is 17.2 Å². The van der Waals surface area contributed by atoms with Crippen LogP contribution in [-0.2, 0) is 4.79 Å². The lowest BCUT2D eigenvalue weighted by atomic mass is 10.0. The summed E-state index contributed by atoms with van der Waals surface area (Å²) in [5.41, 5.74) is 4.45. The largest absolute Gasteiger partial charge is 0.492 e. The van der Waals surface area contributed by atoms with Crippen molar-refractivity contribution in [2.45, 2.75) is 38.7 Å². The van der Waals surface area contributed by atoms with Crippen molar-refractivity contribution in [2.24, 2.45) is 5.10 Å². The third kappa shape index (κ3) is 8.41. The monoisotopic (exact) mass is 514 g/mol. The molecule has 0 radical (unpaired) electrons. The normalized spacial score (nSPS) is 13.8. The first kappa shape index (κ1) is 27.3. The zero-order valence-electron chi connectivity index (χ0n) is 20.3. The average Bonchev–Trinajstić information content (AvgIpc) is 2.89. The molecule has 3 N–H and O–H groups in total. The zero-order valence-corrected chi connectivity index (χ0v) is 21.0. The molecular weight excluding hydrogens is 484 g/mol. The van der Waals surface area contributed by atoms with Crippen molar-refractivity contribution in [3.05, 3.63) is 52.5 Å². The number of hydrogen-bond donors (Lipinski definition) is 3. The van der Waals surface area contributed by atoms with Crippen LogP contribution in [0.1, 0.15) is 43.7 Å². The van der Waals surface area contributed by atoms with Crippen LogP contribution in [0.2, 0.25) is 5.02 Å². The van der Waals surface area contributed by atoms with Gasteiger partial charge in [0.25, 0.3) is 0 Å². The molecule has 0 unspecified atom stereocenters. The molecule has 2 aromatic carbocycles. The number of ether oxygens (including phenoxy) is 3. The molecule has 36 heavy (non-hydrogen) atoms. The van der Waals surface area contributed by atoms with Gasteiger partial charge in [0.1, 0.15) is 36.0 Å². The lowest BCUT2D eigenvalue weighted by Crippen LogP contribution is -2.31. The van der Waals surface area contributed by atoms with Gasteiger partial charge in [-0.2, -0.15) is 10.4 Å². The van der Waals surface area contributed by atoms with Gasteiger partial charge in [-0.1, -0.05) is 18.5 Å². The molecule has 1 aliphatic rings. The summed E-state index contributed by atoms with van der Waals surface area (Å²) in [6.07, 6.45) is 1.91. The first-order chi connectivity index (χ1) is 17.5. The highest BCUT2D eigenvalue weighted by Gasteiger charge is 2.15. The van der Waals surface area contributed by atoms with E-state index in [0.717, 1.165) is 24.2 Å². The fourth-order valence-corrected chi connectivity index (χ4v) is 3.65. The van der Waals surface area contributed by atoms with Crippen molar-refractivity contribution in [1.82, 2.24) is 10.7 Å². The lowest BCUT2D eigenvalue weighted by molar-refractivity contribution is -0.121. The van der Waals surface area contributed by atoms with Crippen LogP contribution in [0.25, 0.3) is 0 Å². The lowest BCUT2D eigenvalue weighted by Gasteiger charge is -2.15. The Morgan fingerprint density at radius 2 is 1.94 bits per heavy atom. The second-order valence-corrected chi connectivity index (χ2v) is 8.64. The molecular formula is C26H31ClN4O5. The number of nitriles is 1. The summed E-state index contributed by atoms with van der Waals surface area (Å²) in [4.78, 5) is 11.3. The van der Waals surface area contributed by atoms with E-state index in [2.05, 4.69) is 28.8 Å². The number of halogens is 1. The number of aliphatic hydroxyl groups excluding tert-OH is 1. The number of aliphatic hydroxyl groups is 1. The molecule has 0 fully saturated rings. The smallest absolute Gasteiger partial charge is 0.240 e. The van der Waals surface area contributed by atoms with Crippen molar-refractivity contribution in [2.75, 3.05) is 32.9 Å². The molecule has 1 aliphatic heterocycles. The van der Waals surface area contributed by atoms with E-state index in [9.17, 15) is 15.2 Å². The van der Waals surface area contributed by atoms with Crippen molar-refractivity contribution < 1.29 is 24.1 Å². The van der Waals surface area contributed by atoms with Gasteiger partial charge < -0.3 is 24.6 Å². The van der Waals surface area contributed by atoms with Crippen molar-refractivity contribution >= 4 is 23.2 Å². The van der Waals surface area contributed by atoms with Gasteiger partial charge >= 0.3 is 0 Å². The predicted octanol–water partition coefficient (Wildman–Crippen LogP) is 3.41. The van der Waals surface area contributed by atoms with E-state index < -0.39 is 6.10 Å². The Balaban J connectivity index is 1.42. The fourth-order valence-electron chi connectivity index (χ4n) is 3.41. The molecule has 0 saturated heterocycles. The maximum atomic E-state index is 11.3. The van der Waals surface area contributed by atoms with Gasteiger partial charge in [-0.3, -0.25) is 4.79 Å². The minimum atomic E-state index is -0.633. The highest BCUT2D eigenvalue weighted by Crippen LogP contribution is 2.27. The van der Waals surface area contributed by atoms with Gasteiger partial charge in [0.15, 0.2) is 0 Å². The Hall–Kier alpha value is -3.32. The third-order valence-electron chi connectivity index (χ3n) is 5.29. The summed E-state index contributed by atoms with van der Waals surface area (Å²) < 4.78 is 17.1. The maximum absolute atomic E-state index is 11.3. The number of nitrogens with one attached hydrogen (secondary N) is 2. The van der Waals surface area contributed by atoms with Gasteiger partial charge in [-0.15, -0.1) is 0 Å². The molecule has 192 valence electrons. The second-order valence-electron chi connectivity index (χ2n) is 8.23. The minimum Gasteiger partial charge on any atom is -0.492 e. The number of nitrogens with zero attached hydrogens (tertiary/aromatic N) is 2. The average molecular weight is 515 g/mol. The summed E-state index contributed by atoms with van der Waals surface area (Å²) in [5.74, 6) is 1.41. The number of amides is 1. The summed E-state index contributed by atoms with van der Waals surface area (Å²) >= 11 is 6.35. The Morgan fingerprint density at radius 1 is 1.17 bits per heavy atom. The number of carbonyl (C=O) groups is 1. The Bertz CT molecular complexity index is 1100. The van der Waals surface area contributed by atoms with Crippen molar-refractivity contribution in [3.8, 4) is 23.3 Å². The quantitative estimate of drug-likeness (QED) is 0.330. The van der Waals surface area contributed by atoms with Crippen LogP contribution in [0.3, 0.4) is 0 Å². The summed E-state index contributed by atoms with van der Waals surface area (Å²) in [5, 5.41) is 27.1. The van der Waals surface area contributed by atoms with E-state index in [-0.39, 0.29) is 12.5 Å². The standard InChI is InChI=1S/C26H31ClN4O5/c1-2-10-29-16-20(32)17-36-21-5-8-24(19(13-21)15-28)34-11-3-12-35-25-7-4-18(14-22(25)27)23-6-9-26(33)31-30-23/h4-5,7-8,13-14,20,29,32H,2-3,6,9-12,16-17H2,1H3,(H,31,33)/t20-/m1/s1. The van der Waals surface area contributed by atoms with Crippen LogP contribution in [0.15, 0.2) is 41.5 Å². The van der Waals surface area contributed by atoms with Crippen LogP contribution in [0, 0.1) is 11.3 Å². The SMILES string of the molecule is CCCNC[C@@H](O)COc1ccc(OCCCOc2ccc(C3=NNC(=O)CC3)cc2Cl)c(C#N)c1. The molecule has 1 atom stereocenters. The Morgan fingerprint density at radius 3 is 2.64 bits per heavy atom. The molecule has 0 spiro atoms. The maximum Gasteiger partial charge on any atom is 0.240 e. The second kappa shape index (κ2) is 14.3. The molecule has 9 nitrogen and oxygen atoms in total. The molecule has 10 heteroatoms. The number of rotatable bonds is 14. The van der Waals surface area contributed by atoms with Gasteiger partial charge in [0.2, 0.25) is 5.91 Å². The first-order valence-corrected chi connectivity index (χ1v) is 12.3. The summed E-state index contributed by atoms with van der Waals surface area (Å²) in [7, 11) is 0. The molecule has 3 rings (SSSR count). The molecule has 0 bridgehead atoms. The van der Waals surface area contributed by atoms with Gasteiger partial charge in [0.05, 0.1) is 29.5 Å². The van der Waals surface area contributed by atoms with E-state index >= 15 is 0 Å². The summed E-state index contributed by atoms with van der Waals surface area (Å²) in [6, 6.07) is 12.5. The van der Waals surface area contributed by atoms with E-state index in [1.165, 1.54) is 0 Å². The van der Waals surface area contributed by atoms with Crippen LogP contribution in [-0.4, -0.2) is 55.7 Å². The van der Waals surface area contributed by atoms with E-state index in [0.29, 0.717) is 66.9 Å². The zero-order chi connectivity index (χ0) is 25.8. The van der Waals surface area contributed by atoms with Crippen LogP contribution >= 0.6 is 11.6 Å². The van der Waals surface area contributed by atoms with Crippen molar-refractivity contribution in [1.29, 1.82) is 5.26 Å².